The van der Waals surface area contributed by atoms with Crippen LogP contribution in [0.4, 0.5) is 5.69 Å². The third-order valence-electron chi connectivity index (χ3n) is 5.06. The van der Waals surface area contributed by atoms with Gasteiger partial charge in [0.05, 0.1) is 12.6 Å². The maximum atomic E-state index is 12.4. The molecule has 0 saturated carbocycles. The van der Waals surface area contributed by atoms with Gasteiger partial charge in [-0.1, -0.05) is 36.4 Å². The molecule has 1 atom stereocenters. The van der Waals surface area contributed by atoms with E-state index in [1.807, 2.05) is 44.2 Å². The highest BCUT2D eigenvalue weighted by Gasteiger charge is 2.10. The standard InChI is InChI=1S/C24H22N2O3/c1-15-11-24(28)29-22-13-20(9-10-21(15)22)25-14-23(27)26-16(2)18-8-7-17-5-3-4-6-19(17)12-18/h3-13,16,25H,14H2,1-2H3,(H,26,27)/t16-/m0/s1. The lowest BCUT2D eigenvalue weighted by atomic mass is 10.0. The quantitative estimate of drug-likeness (QED) is 0.494. The van der Waals surface area contributed by atoms with Gasteiger partial charge in [0.15, 0.2) is 0 Å². The van der Waals surface area contributed by atoms with Crippen molar-refractivity contribution >= 4 is 33.3 Å². The number of hydrogen-bond acceptors (Lipinski definition) is 4. The van der Waals surface area contributed by atoms with E-state index in [9.17, 15) is 9.59 Å². The van der Waals surface area contributed by atoms with Crippen LogP contribution in [-0.4, -0.2) is 12.5 Å². The van der Waals surface area contributed by atoms with Crippen LogP contribution in [0.5, 0.6) is 0 Å². The average molecular weight is 386 g/mol. The van der Waals surface area contributed by atoms with Crippen molar-refractivity contribution in [3.8, 4) is 0 Å². The molecule has 0 aliphatic heterocycles. The van der Waals surface area contributed by atoms with E-state index in [4.69, 9.17) is 4.42 Å². The van der Waals surface area contributed by atoms with Crippen LogP contribution >= 0.6 is 0 Å². The molecule has 0 fully saturated rings. The molecule has 4 aromatic rings. The Bertz CT molecular complexity index is 1260. The van der Waals surface area contributed by atoms with Gasteiger partial charge < -0.3 is 15.1 Å². The first-order chi connectivity index (χ1) is 14.0. The number of amides is 1. The molecule has 1 aromatic heterocycles. The zero-order valence-corrected chi connectivity index (χ0v) is 16.4. The number of anilines is 1. The van der Waals surface area contributed by atoms with Gasteiger partial charge in [-0.3, -0.25) is 4.79 Å². The Morgan fingerprint density at radius 3 is 2.62 bits per heavy atom. The molecule has 0 spiro atoms. The van der Waals surface area contributed by atoms with E-state index >= 15 is 0 Å². The molecule has 0 aliphatic rings. The van der Waals surface area contributed by atoms with E-state index in [1.165, 1.54) is 11.5 Å². The average Bonchev–Trinajstić information content (AvgIpc) is 2.71. The van der Waals surface area contributed by atoms with Crippen molar-refractivity contribution < 1.29 is 9.21 Å². The Balaban J connectivity index is 1.41. The molecule has 0 unspecified atom stereocenters. The molecule has 5 heteroatoms. The number of benzene rings is 3. The fourth-order valence-electron chi connectivity index (χ4n) is 3.47. The van der Waals surface area contributed by atoms with Crippen LogP contribution in [0.1, 0.15) is 24.1 Å². The van der Waals surface area contributed by atoms with E-state index in [1.54, 1.807) is 6.07 Å². The Morgan fingerprint density at radius 2 is 1.79 bits per heavy atom. The summed E-state index contributed by atoms with van der Waals surface area (Å²) in [5, 5.41) is 9.30. The molecule has 0 bridgehead atoms. The molecule has 1 amide bonds. The Morgan fingerprint density at radius 1 is 1.00 bits per heavy atom. The topological polar surface area (TPSA) is 71.3 Å². The summed E-state index contributed by atoms with van der Waals surface area (Å²) in [6.07, 6.45) is 0. The number of aryl methyl sites for hydroxylation is 1. The third kappa shape index (κ3) is 4.14. The van der Waals surface area contributed by atoms with Crippen molar-refractivity contribution in [2.45, 2.75) is 19.9 Å². The lowest BCUT2D eigenvalue weighted by Crippen LogP contribution is -2.32. The van der Waals surface area contributed by atoms with E-state index in [0.29, 0.717) is 5.58 Å². The van der Waals surface area contributed by atoms with Gasteiger partial charge in [0.25, 0.3) is 0 Å². The molecule has 0 radical (unpaired) electrons. The predicted octanol–water partition coefficient (Wildman–Crippen LogP) is 4.54. The molecule has 0 aliphatic carbocycles. The molecule has 29 heavy (non-hydrogen) atoms. The van der Waals surface area contributed by atoms with Gasteiger partial charge in [-0.15, -0.1) is 0 Å². The monoisotopic (exact) mass is 386 g/mol. The largest absolute Gasteiger partial charge is 0.423 e. The minimum atomic E-state index is -0.380. The first kappa shape index (κ1) is 18.7. The van der Waals surface area contributed by atoms with E-state index in [2.05, 4.69) is 34.9 Å². The van der Waals surface area contributed by atoms with E-state index in [0.717, 1.165) is 27.6 Å². The van der Waals surface area contributed by atoms with Gasteiger partial charge in [0.2, 0.25) is 5.91 Å². The summed E-state index contributed by atoms with van der Waals surface area (Å²) in [4.78, 5) is 24.0. The minimum Gasteiger partial charge on any atom is -0.423 e. The van der Waals surface area contributed by atoms with Gasteiger partial charge in [-0.25, -0.2) is 4.79 Å². The highest BCUT2D eigenvalue weighted by molar-refractivity contribution is 5.86. The fraction of sp³-hybridized carbons (Fsp3) is 0.167. The molecule has 3 aromatic carbocycles. The van der Waals surface area contributed by atoms with Crippen LogP contribution in [0.15, 0.2) is 75.9 Å². The maximum absolute atomic E-state index is 12.4. The van der Waals surface area contributed by atoms with Gasteiger partial charge in [0, 0.05) is 23.2 Å². The SMILES string of the molecule is Cc1cc(=O)oc2cc(NCC(=O)N[C@@H](C)c3ccc4ccccc4c3)ccc12. The van der Waals surface area contributed by atoms with Crippen LogP contribution in [0.2, 0.25) is 0 Å². The van der Waals surface area contributed by atoms with Crippen LogP contribution in [-0.2, 0) is 4.79 Å². The third-order valence-corrected chi connectivity index (χ3v) is 5.06. The van der Waals surface area contributed by atoms with Crippen molar-refractivity contribution in [2.75, 3.05) is 11.9 Å². The maximum Gasteiger partial charge on any atom is 0.336 e. The summed E-state index contributed by atoms with van der Waals surface area (Å²) in [5.74, 6) is -0.114. The number of fused-ring (bicyclic) bond motifs is 2. The Hall–Kier alpha value is -3.60. The second kappa shape index (κ2) is 7.80. The number of carbonyl (C=O) groups excluding carboxylic acids is 1. The molecule has 2 N–H and O–H groups in total. The van der Waals surface area contributed by atoms with Gasteiger partial charge in [-0.05, 0) is 53.9 Å². The van der Waals surface area contributed by atoms with Crippen molar-refractivity contribution in [2.24, 2.45) is 0 Å². The fourth-order valence-corrected chi connectivity index (χ4v) is 3.47. The van der Waals surface area contributed by atoms with Crippen molar-refractivity contribution in [3.05, 3.63) is 88.3 Å². The summed E-state index contributed by atoms with van der Waals surface area (Å²) in [6, 6.07) is 21.2. The first-order valence-electron chi connectivity index (χ1n) is 9.56. The summed E-state index contributed by atoms with van der Waals surface area (Å²) in [6.45, 7) is 3.96. The lowest BCUT2D eigenvalue weighted by Gasteiger charge is -2.16. The minimum absolute atomic E-state index is 0.105. The molecule has 1 heterocycles. The highest BCUT2D eigenvalue weighted by atomic mass is 16.4. The van der Waals surface area contributed by atoms with Gasteiger partial charge in [0.1, 0.15) is 5.58 Å². The molecule has 4 rings (SSSR count). The molecular weight excluding hydrogens is 364 g/mol. The normalized spacial score (nSPS) is 12.1. The van der Waals surface area contributed by atoms with Gasteiger partial charge in [-0.2, -0.15) is 0 Å². The number of rotatable bonds is 5. The van der Waals surface area contributed by atoms with Crippen molar-refractivity contribution in [1.29, 1.82) is 0 Å². The summed E-state index contributed by atoms with van der Waals surface area (Å²) < 4.78 is 5.25. The Kier molecular flexibility index (Phi) is 5.04. The van der Waals surface area contributed by atoms with E-state index < -0.39 is 0 Å². The molecule has 0 saturated heterocycles. The number of hydrogen-bond donors (Lipinski definition) is 2. The molecule has 146 valence electrons. The second-order valence-electron chi connectivity index (χ2n) is 7.21. The van der Waals surface area contributed by atoms with Crippen LogP contribution in [0.3, 0.4) is 0 Å². The van der Waals surface area contributed by atoms with E-state index in [-0.39, 0.29) is 24.1 Å². The molecule has 5 nitrogen and oxygen atoms in total. The van der Waals surface area contributed by atoms with Crippen LogP contribution < -0.4 is 16.3 Å². The van der Waals surface area contributed by atoms with Crippen molar-refractivity contribution in [1.82, 2.24) is 5.32 Å². The number of nitrogens with one attached hydrogen (secondary N) is 2. The predicted molar refractivity (Wildman–Crippen MR) is 116 cm³/mol. The number of carbonyl (C=O) groups is 1. The summed E-state index contributed by atoms with van der Waals surface area (Å²) in [5.41, 5.74) is 2.77. The zero-order valence-electron chi connectivity index (χ0n) is 16.4. The molecular formula is C24H22N2O3. The summed E-state index contributed by atoms with van der Waals surface area (Å²) >= 11 is 0. The van der Waals surface area contributed by atoms with Crippen LogP contribution in [0.25, 0.3) is 21.7 Å². The van der Waals surface area contributed by atoms with Crippen molar-refractivity contribution in [3.63, 3.8) is 0 Å². The second-order valence-corrected chi connectivity index (χ2v) is 7.21. The van der Waals surface area contributed by atoms with Gasteiger partial charge >= 0.3 is 5.63 Å². The smallest absolute Gasteiger partial charge is 0.336 e. The zero-order chi connectivity index (χ0) is 20.4. The summed E-state index contributed by atoms with van der Waals surface area (Å²) in [7, 11) is 0. The lowest BCUT2D eigenvalue weighted by molar-refractivity contribution is -0.120. The highest BCUT2D eigenvalue weighted by Crippen LogP contribution is 2.21. The first-order valence-corrected chi connectivity index (χ1v) is 9.56. The van der Waals surface area contributed by atoms with Crippen LogP contribution in [0, 0.1) is 6.92 Å². The Labute approximate surface area is 168 Å².